The molecular formula is C9H15N3S. The summed E-state index contributed by atoms with van der Waals surface area (Å²) in [6.45, 7) is 5.07. The predicted molar refractivity (Wildman–Crippen MR) is 57.3 cm³/mol. The Bertz CT molecular complexity index is 276. The number of nitrogens with zero attached hydrogens (tertiary/aromatic N) is 2. The summed E-state index contributed by atoms with van der Waals surface area (Å²) in [6.07, 6.45) is 4.97. The average molecular weight is 197 g/mol. The summed E-state index contributed by atoms with van der Waals surface area (Å²) in [6, 6.07) is 0. The van der Waals surface area contributed by atoms with Gasteiger partial charge in [0.05, 0.1) is 0 Å². The third-order valence-electron chi connectivity index (χ3n) is 1.65. The van der Waals surface area contributed by atoms with E-state index in [2.05, 4.69) is 22.2 Å². The highest BCUT2D eigenvalue weighted by molar-refractivity contribution is 7.98. The molecule has 0 amide bonds. The summed E-state index contributed by atoms with van der Waals surface area (Å²) in [7, 11) is 0. The quantitative estimate of drug-likeness (QED) is 0.594. The molecule has 0 atom stereocenters. The van der Waals surface area contributed by atoms with Gasteiger partial charge in [0.25, 0.3) is 0 Å². The van der Waals surface area contributed by atoms with Crippen molar-refractivity contribution in [2.24, 2.45) is 0 Å². The van der Waals surface area contributed by atoms with Gasteiger partial charge in [0.2, 0.25) is 5.95 Å². The van der Waals surface area contributed by atoms with Crippen LogP contribution in [0.2, 0.25) is 0 Å². The fourth-order valence-electron chi connectivity index (χ4n) is 0.955. The number of thioether (sulfide) groups is 1. The van der Waals surface area contributed by atoms with Crippen molar-refractivity contribution < 1.29 is 0 Å². The minimum Gasteiger partial charge on any atom is -0.354 e. The van der Waals surface area contributed by atoms with Gasteiger partial charge in [-0.25, -0.2) is 9.97 Å². The molecule has 0 bridgehead atoms. The number of nitrogens with one attached hydrogen (secondary N) is 1. The van der Waals surface area contributed by atoms with Gasteiger partial charge in [0.15, 0.2) is 0 Å². The second-order valence-corrected chi connectivity index (χ2v) is 3.61. The molecule has 4 heteroatoms. The van der Waals surface area contributed by atoms with Gasteiger partial charge in [-0.15, -0.1) is 11.8 Å². The molecule has 72 valence electrons. The summed E-state index contributed by atoms with van der Waals surface area (Å²) < 4.78 is 0. The molecular weight excluding hydrogens is 182 g/mol. The number of hydrogen-bond donors (Lipinski definition) is 1. The van der Waals surface area contributed by atoms with Crippen molar-refractivity contribution in [3.8, 4) is 0 Å². The van der Waals surface area contributed by atoms with Crippen LogP contribution in [0.4, 0.5) is 5.95 Å². The van der Waals surface area contributed by atoms with Gasteiger partial charge in [-0.1, -0.05) is 6.92 Å². The van der Waals surface area contributed by atoms with E-state index in [0.29, 0.717) is 0 Å². The Morgan fingerprint density at radius 3 is 2.92 bits per heavy atom. The van der Waals surface area contributed by atoms with E-state index < -0.39 is 0 Å². The topological polar surface area (TPSA) is 37.8 Å². The average Bonchev–Trinajstić information content (AvgIpc) is 2.16. The number of aromatic nitrogens is 2. The Morgan fingerprint density at radius 2 is 2.31 bits per heavy atom. The summed E-state index contributed by atoms with van der Waals surface area (Å²) in [4.78, 5) is 8.56. The first-order chi connectivity index (χ1) is 6.27. The van der Waals surface area contributed by atoms with Crippen LogP contribution in [0.3, 0.4) is 0 Å². The molecule has 0 radical (unpaired) electrons. The van der Waals surface area contributed by atoms with E-state index in [4.69, 9.17) is 0 Å². The van der Waals surface area contributed by atoms with Crippen LogP contribution in [-0.2, 0) is 0 Å². The van der Waals surface area contributed by atoms with Crippen LogP contribution in [0.15, 0.2) is 11.2 Å². The second kappa shape index (κ2) is 5.07. The Balaban J connectivity index is 2.74. The number of hydrogen-bond acceptors (Lipinski definition) is 4. The third-order valence-corrected chi connectivity index (χ3v) is 2.45. The molecule has 1 rings (SSSR count). The molecule has 0 unspecified atom stereocenters. The van der Waals surface area contributed by atoms with E-state index in [9.17, 15) is 0 Å². The first-order valence-corrected chi connectivity index (χ1v) is 5.62. The standard InChI is InChI=1S/C9H15N3S/c1-4-5-10-9-11-6-7(2)8(12-9)13-3/h6H,4-5H2,1-3H3,(H,10,11,12). The third kappa shape index (κ3) is 2.88. The Hall–Kier alpha value is -0.770. The zero-order valence-corrected chi connectivity index (χ0v) is 9.11. The van der Waals surface area contributed by atoms with Crippen molar-refractivity contribution in [3.05, 3.63) is 11.8 Å². The summed E-state index contributed by atoms with van der Waals surface area (Å²) in [5, 5.41) is 4.21. The Labute approximate surface area is 83.4 Å². The molecule has 0 fully saturated rings. The summed E-state index contributed by atoms with van der Waals surface area (Å²) in [5.41, 5.74) is 1.13. The first kappa shape index (κ1) is 10.3. The SMILES string of the molecule is CCCNc1ncc(C)c(SC)n1. The molecule has 0 aromatic carbocycles. The predicted octanol–water partition coefficient (Wildman–Crippen LogP) is 2.33. The molecule has 0 aliphatic rings. The summed E-state index contributed by atoms with van der Waals surface area (Å²) >= 11 is 1.65. The lowest BCUT2D eigenvalue weighted by Gasteiger charge is -2.05. The van der Waals surface area contributed by atoms with E-state index in [1.54, 1.807) is 11.8 Å². The van der Waals surface area contributed by atoms with Gasteiger partial charge in [-0.2, -0.15) is 0 Å². The smallest absolute Gasteiger partial charge is 0.223 e. The van der Waals surface area contributed by atoms with Gasteiger partial charge in [-0.05, 0) is 25.2 Å². The van der Waals surface area contributed by atoms with E-state index in [1.807, 2.05) is 19.4 Å². The van der Waals surface area contributed by atoms with Crippen molar-refractivity contribution in [1.29, 1.82) is 0 Å². The molecule has 1 aromatic heterocycles. The van der Waals surface area contributed by atoms with E-state index in [-0.39, 0.29) is 0 Å². The van der Waals surface area contributed by atoms with Gasteiger partial charge in [-0.3, -0.25) is 0 Å². The van der Waals surface area contributed by atoms with Crippen LogP contribution in [0.25, 0.3) is 0 Å². The van der Waals surface area contributed by atoms with Gasteiger partial charge in [0.1, 0.15) is 5.03 Å². The van der Waals surface area contributed by atoms with Crippen molar-refractivity contribution in [2.75, 3.05) is 18.1 Å². The highest BCUT2D eigenvalue weighted by Gasteiger charge is 2.00. The Morgan fingerprint density at radius 1 is 1.54 bits per heavy atom. The zero-order chi connectivity index (χ0) is 9.68. The normalized spacial score (nSPS) is 10.1. The van der Waals surface area contributed by atoms with Gasteiger partial charge < -0.3 is 5.32 Å². The first-order valence-electron chi connectivity index (χ1n) is 4.39. The van der Waals surface area contributed by atoms with E-state index in [0.717, 1.165) is 29.5 Å². The molecule has 1 N–H and O–H groups in total. The maximum atomic E-state index is 4.37. The largest absolute Gasteiger partial charge is 0.354 e. The number of aryl methyl sites for hydroxylation is 1. The lowest BCUT2D eigenvalue weighted by molar-refractivity contribution is 0.926. The van der Waals surface area contributed by atoms with Crippen molar-refractivity contribution >= 4 is 17.7 Å². The van der Waals surface area contributed by atoms with Crippen molar-refractivity contribution in [2.45, 2.75) is 25.3 Å². The van der Waals surface area contributed by atoms with Crippen LogP contribution >= 0.6 is 11.8 Å². The fraction of sp³-hybridized carbons (Fsp3) is 0.556. The number of rotatable bonds is 4. The van der Waals surface area contributed by atoms with Gasteiger partial charge in [0, 0.05) is 12.7 Å². The minimum absolute atomic E-state index is 0.733. The maximum absolute atomic E-state index is 4.37. The maximum Gasteiger partial charge on any atom is 0.223 e. The molecule has 1 heterocycles. The lowest BCUT2D eigenvalue weighted by Crippen LogP contribution is -2.05. The molecule has 3 nitrogen and oxygen atoms in total. The molecule has 13 heavy (non-hydrogen) atoms. The highest BCUT2D eigenvalue weighted by Crippen LogP contribution is 2.17. The molecule has 0 aliphatic carbocycles. The molecule has 0 saturated heterocycles. The summed E-state index contributed by atoms with van der Waals surface area (Å²) in [5.74, 6) is 0.733. The second-order valence-electron chi connectivity index (χ2n) is 2.81. The van der Waals surface area contributed by atoms with Gasteiger partial charge >= 0.3 is 0 Å². The highest BCUT2D eigenvalue weighted by atomic mass is 32.2. The monoisotopic (exact) mass is 197 g/mol. The molecule has 0 aliphatic heterocycles. The van der Waals surface area contributed by atoms with Crippen LogP contribution in [0.1, 0.15) is 18.9 Å². The zero-order valence-electron chi connectivity index (χ0n) is 8.29. The molecule has 0 saturated carbocycles. The van der Waals surface area contributed by atoms with E-state index >= 15 is 0 Å². The van der Waals surface area contributed by atoms with Crippen LogP contribution < -0.4 is 5.32 Å². The van der Waals surface area contributed by atoms with E-state index in [1.165, 1.54) is 0 Å². The van der Waals surface area contributed by atoms with Crippen molar-refractivity contribution in [3.63, 3.8) is 0 Å². The van der Waals surface area contributed by atoms with Crippen LogP contribution in [-0.4, -0.2) is 22.8 Å². The van der Waals surface area contributed by atoms with Crippen LogP contribution in [0.5, 0.6) is 0 Å². The Kier molecular flexibility index (Phi) is 4.02. The molecule has 1 aromatic rings. The fourth-order valence-corrected chi connectivity index (χ4v) is 1.51. The van der Waals surface area contributed by atoms with Crippen LogP contribution in [0, 0.1) is 6.92 Å². The number of anilines is 1. The minimum atomic E-state index is 0.733. The molecule has 0 spiro atoms. The van der Waals surface area contributed by atoms with Crippen molar-refractivity contribution in [1.82, 2.24) is 9.97 Å². The lowest BCUT2D eigenvalue weighted by atomic mass is 10.4.